The fourth-order valence-corrected chi connectivity index (χ4v) is 0.551. The van der Waals surface area contributed by atoms with Crippen molar-refractivity contribution < 1.29 is 8.98 Å². The van der Waals surface area contributed by atoms with E-state index >= 15 is 0 Å². The maximum absolute atomic E-state index is 10.1. The molecule has 42 valence electrons. The zero-order valence-electron chi connectivity index (χ0n) is 3.88. The number of rotatable bonds is 2. The van der Waals surface area contributed by atoms with E-state index in [0.717, 1.165) is 11.1 Å². The minimum atomic E-state index is -0.236. The molecule has 0 spiro atoms. The van der Waals surface area contributed by atoms with Gasteiger partial charge in [-0.25, -0.2) is 0 Å². The van der Waals surface area contributed by atoms with Crippen LogP contribution >= 0.6 is 22.7 Å². The van der Waals surface area contributed by atoms with Gasteiger partial charge in [0.1, 0.15) is 11.1 Å². The summed E-state index contributed by atoms with van der Waals surface area (Å²) < 4.78 is 4.33. The molecule has 7 heavy (non-hydrogen) atoms. The van der Waals surface area contributed by atoms with Gasteiger partial charge in [-0.2, -0.15) is 0 Å². The lowest BCUT2D eigenvalue weighted by atomic mass is 10.5. The third-order valence-corrected chi connectivity index (χ3v) is 0.903. The molecule has 0 aliphatic carbocycles. The van der Waals surface area contributed by atoms with Gasteiger partial charge in [0.15, 0.2) is 0 Å². The minimum Gasteiger partial charge on any atom is -0.380 e. The molecule has 0 amide bonds. The van der Waals surface area contributed by atoms with Gasteiger partial charge in [-0.1, -0.05) is 18.6 Å². The molecule has 0 saturated heterocycles. The fraction of sp³-hybridized carbons (Fsp3) is 0.667. The van der Waals surface area contributed by atoms with E-state index in [9.17, 15) is 4.79 Å². The molecule has 2 nitrogen and oxygen atoms in total. The molecular formula is C3H6O2S2. The SMILES string of the molecule is CCC(=O)OSS. The summed E-state index contributed by atoms with van der Waals surface area (Å²) in [5.74, 6) is -0.236. The number of thiol groups is 1. The second kappa shape index (κ2) is 4.33. The molecule has 0 bridgehead atoms. The van der Waals surface area contributed by atoms with Crippen molar-refractivity contribution in [3.05, 3.63) is 0 Å². The Labute approximate surface area is 51.6 Å². The van der Waals surface area contributed by atoms with Gasteiger partial charge in [0.05, 0.1) is 0 Å². The summed E-state index contributed by atoms with van der Waals surface area (Å²) >= 11 is 4.37. The third-order valence-electron chi connectivity index (χ3n) is 0.419. The lowest BCUT2D eigenvalue weighted by Gasteiger charge is -1.89. The first-order valence-electron chi connectivity index (χ1n) is 1.82. The van der Waals surface area contributed by atoms with E-state index in [1.165, 1.54) is 0 Å². The highest BCUT2D eigenvalue weighted by Gasteiger charge is 1.93. The molecule has 0 aromatic carbocycles. The Morgan fingerprint density at radius 3 is 2.71 bits per heavy atom. The Morgan fingerprint density at radius 2 is 2.57 bits per heavy atom. The first-order valence-corrected chi connectivity index (χ1v) is 3.61. The molecule has 0 atom stereocenters. The number of carbonyl (C=O) groups is 1. The van der Waals surface area contributed by atoms with Crippen LogP contribution in [0.25, 0.3) is 0 Å². The highest BCUT2D eigenvalue weighted by Crippen LogP contribution is 2.06. The van der Waals surface area contributed by atoms with Crippen molar-refractivity contribution in [2.45, 2.75) is 13.3 Å². The van der Waals surface area contributed by atoms with Gasteiger partial charge in [0.2, 0.25) is 0 Å². The smallest absolute Gasteiger partial charge is 0.318 e. The van der Waals surface area contributed by atoms with Gasteiger partial charge < -0.3 is 4.18 Å². The molecule has 0 saturated carbocycles. The van der Waals surface area contributed by atoms with Crippen molar-refractivity contribution in [3.8, 4) is 0 Å². The van der Waals surface area contributed by atoms with Crippen LogP contribution in [0.4, 0.5) is 0 Å². The molecule has 4 heteroatoms. The molecule has 0 radical (unpaired) electrons. The molecule has 0 aromatic rings. The van der Waals surface area contributed by atoms with Crippen LogP contribution in [0, 0.1) is 0 Å². The molecule has 0 aromatic heterocycles. The molecule has 0 aliphatic rings. The molecule has 0 fully saturated rings. The topological polar surface area (TPSA) is 26.3 Å². The summed E-state index contributed by atoms with van der Waals surface area (Å²) in [6.07, 6.45) is 0.410. The average Bonchev–Trinajstić information content (AvgIpc) is 1.68. The van der Waals surface area contributed by atoms with Crippen molar-refractivity contribution in [1.82, 2.24) is 0 Å². The number of hydrogen-bond acceptors (Lipinski definition) is 4. The van der Waals surface area contributed by atoms with E-state index in [1.807, 2.05) is 0 Å². The van der Waals surface area contributed by atoms with Crippen LogP contribution in [0.5, 0.6) is 0 Å². The second-order valence-electron chi connectivity index (χ2n) is 0.883. The van der Waals surface area contributed by atoms with E-state index in [2.05, 4.69) is 15.8 Å². The highest BCUT2D eigenvalue weighted by atomic mass is 33.1. The molecule has 0 aliphatic heterocycles. The van der Waals surface area contributed by atoms with Crippen LogP contribution < -0.4 is 0 Å². The standard InChI is InChI=1S/C3H6O2S2/c1-2-3(4)5-7-6/h6H,2H2,1H3. The van der Waals surface area contributed by atoms with Crippen LogP contribution in [0.1, 0.15) is 13.3 Å². The largest absolute Gasteiger partial charge is 0.380 e. The Hall–Kier alpha value is 0.170. The Morgan fingerprint density at radius 1 is 2.00 bits per heavy atom. The van der Waals surface area contributed by atoms with Gasteiger partial charge in [-0.3, -0.25) is 4.79 Å². The predicted molar refractivity (Wildman–Crippen MR) is 33.0 cm³/mol. The third kappa shape index (κ3) is 4.01. The van der Waals surface area contributed by atoms with Gasteiger partial charge >= 0.3 is 5.97 Å². The van der Waals surface area contributed by atoms with Crippen LogP contribution in [0.2, 0.25) is 0 Å². The highest BCUT2D eigenvalue weighted by molar-refractivity contribution is 8.66. The van der Waals surface area contributed by atoms with Crippen LogP contribution in [-0.2, 0) is 8.98 Å². The maximum Gasteiger partial charge on any atom is 0.318 e. The molecular weight excluding hydrogens is 132 g/mol. The second-order valence-corrected chi connectivity index (χ2v) is 1.65. The first kappa shape index (κ1) is 7.17. The van der Waals surface area contributed by atoms with Crippen LogP contribution in [0.15, 0.2) is 0 Å². The summed E-state index contributed by atoms with van der Waals surface area (Å²) in [6.45, 7) is 1.73. The van der Waals surface area contributed by atoms with Gasteiger partial charge in [0, 0.05) is 6.42 Å². The number of hydrogen-bond donors (Lipinski definition) is 1. The Balaban J connectivity index is 3.00. The Kier molecular flexibility index (Phi) is 4.44. The molecule has 0 rings (SSSR count). The molecule has 0 unspecified atom stereocenters. The first-order chi connectivity index (χ1) is 3.31. The van der Waals surface area contributed by atoms with Gasteiger partial charge in [-0.05, 0) is 0 Å². The maximum atomic E-state index is 10.1. The van der Waals surface area contributed by atoms with E-state index in [-0.39, 0.29) is 5.97 Å². The number of carbonyl (C=O) groups excluding carboxylic acids is 1. The van der Waals surface area contributed by atoms with Crippen molar-refractivity contribution >= 4 is 28.7 Å². The molecule has 0 N–H and O–H groups in total. The minimum absolute atomic E-state index is 0.236. The van der Waals surface area contributed by atoms with Crippen molar-refractivity contribution in [2.24, 2.45) is 0 Å². The van der Waals surface area contributed by atoms with Crippen LogP contribution in [-0.4, -0.2) is 5.97 Å². The van der Waals surface area contributed by atoms with Crippen molar-refractivity contribution in [2.75, 3.05) is 0 Å². The predicted octanol–water partition coefficient (Wildman–Crippen LogP) is 1.43. The summed E-state index contributed by atoms with van der Waals surface area (Å²) in [5, 5.41) is 0. The van der Waals surface area contributed by atoms with Crippen molar-refractivity contribution in [3.63, 3.8) is 0 Å². The van der Waals surface area contributed by atoms with Crippen molar-refractivity contribution in [1.29, 1.82) is 0 Å². The summed E-state index contributed by atoms with van der Waals surface area (Å²) in [5.41, 5.74) is 0. The van der Waals surface area contributed by atoms with Gasteiger partial charge in [0.25, 0.3) is 0 Å². The fourth-order valence-electron chi connectivity index (χ4n) is 0.100. The normalized spacial score (nSPS) is 8.29. The van der Waals surface area contributed by atoms with Crippen LogP contribution in [0.3, 0.4) is 0 Å². The monoisotopic (exact) mass is 138 g/mol. The summed E-state index contributed by atoms with van der Waals surface area (Å²) in [7, 11) is 0. The lowest BCUT2D eigenvalue weighted by molar-refractivity contribution is -0.132. The van der Waals surface area contributed by atoms with E-state index < -0.39 is 0 Å². The van der Waals surface area contributed by atoms with E-state index in [1.54, 1.807) is 6.92 Å². The summed E-state index contributed by atoms with van der Waals surface area (Å²) in [4.78, 5) is 10.1. The van der Waals surface area contributed by atoms with E-state index in [4.69, 9.17) is 0 Å². The van der Waals surface area contributed by atoms with Gasteiger partial charge in [-0.15, -0.1) is 0 Å². The average molecular weight is 138 g/mol. The Bertz CT molecular complexity index is 64.0. The van der Waals surface area contributed by atoms with E-state index in [0.29, 0.717) is 6.42 Å². The summed E-state index contributed by atoms with van der Waals surface area (Å²) in [6, 6.07) is 0. The zero-order valence-corrected chi connectivity index (χ0v) is 5.59. The zero-order chi connectivity index (χ0) is 5.70. The quantitative estimate of drug-likeness (QED) is 0.355. The lowest BCUT2D eigenvalue weighted by Crippen LogP contribution is -1.92. The molecule has 0 heterocycles.